The number of fused-ring (bicyclic) bond motifs is 1. The summed E-state index contributed by atoms with van der Waals surface area (Å²) < 4.78 is 14.8. The Morgan fingerprint density at radius 3 is 2.77 bits per heavy atom. The van der Waals surface area contributed by atoms with Gasteiger partial charge in [-0.05, 0) is 48.6 Å². The summed E-state index contributed by atoms with van der Waals surface area (Å²) in [5.41, 5.74) is 2.75. The third kappa shape index (κ3) is 2.18. The number of rotatable bonds is 2. The summed E-state index contributed by atoms with van der Waals surface area (Å²) in [5.74, 6) is 0.876. The molecule has 0 radical (unpaired) electrons. The molecule has 0 amide bonds. The molecule has 2 aromatic heterocycles. The van der Waals surface area contributed by atoms with Crippen molar-refractivity contribution in [2.75, 3.05) is 0 Å². The molecule has 0 bridgehead atoms. The number of imidazole rings is 1. The van der Waals surface area contributed by atoms with E-state index in [-0.39, 0.29) is 5.82 Å². The van der Waals surface area contributed by atoms with Crippen LogP contribution in [0.3, 0.4) is 0 Å². The Morgan fingerprint density at radius 1 is 1.27 bits per heavy atom. The van der Waals surface area contributed by atoms with Crippen molar-refractivity contribution in [1.82, 2.24) is 15.0 Å². The zero-order valence-electron chi connectivity index (χ0n) is 11.4. The normalized spacial score (nSPS) is 14.2. The van der Waals surface area contributed by atoms with Crippen molar-refractivity contribution in [2.45, 2.75) is 18.8 Å². The maximum absolute atomic E-state index is 14.1. The van der Waals surface area contributed by atoms with Crippen molar-refractivity contribution >= 4 is 32.9 Å². The molecule has 1 fully saturated rings. The van der Waals surface area contributed by atoms with Crippen molar-refractivity contribution in [3.63, 3.8) is 0 Å². The number of halogens is 2. The first-order chi connectivity index (χ1) is 10.7. The highest BCUT2D eigenvalue weighted by Crippen LogP contribution is 2.44. The number of hydrogen-bond donors (Lipinski definition) is 1. The van der Waals surface area contributed by atoms with Crippen LogP contribution < -0.4 is 0 Å². The number of nitrogens with zero attached hydrogens (tertiary/aromatic N) is 3. The predicted molar refractivity (Wildman–Crippen MR) is 85.2 cm³/mol. The van der Waals surface area contributed by atoms with Crippen LogP contribution in [-0.4, -0.2) is 15.0 Å². The van der Waals surface area contributed by atoms with Gasteiger partial charge >= 0.3 is 0 Å². The molecule has 0 spiro atoms. The molecule has 1 aliphatic rings. The zero-order valence-corrected chi connectivity index (χ0v) is 13.0. The van der Waals surface area contributed by atoms with Crippen LogP contribution in [0, 0.1) is 12.4 Å². The molecule has 22 heavy (non-hydrogen) atoms. The second-order valence-corrected chi connectivity index (χ2v) is 6.28. The SMILES string of the molecule is [C-]#[N+]c1cc(C2CC2)c2[nH]c(-c3ccc(Br)cc3F)nc2n1. The molecule has 3 aromatic rings. The van der Waals surface area contributed by atoms with Crippen molar-refractivity contribution in [3.05, 3.63) is 51.5 Å². The van der Waals surface area contributed by atoms with Gasteiger partial charge in [0.2, 0.25) is 0 Å². The molecule has 0 saturated heterocycles. The molecule has 4 rings (SSSR count). The number of H-pyrrole nitrogens is 1. The summed E-state index contributed by atoms with van der Waals surface area (Å²) in [4.78, 5) is 15.2. The lowest BCUT2D eigenvalue weighted by atomic mass is 10.1. The molecule has 1 aliphatic carbocycles. The largest absolute Gasteiger partial charge is 0.361 e. The Morgan fingerprint density at radius 2 is 2.09 bits per heavy atom. The van der Waals surface area contributed by atoms with Gasteiger partial charge in [0.1, 0.15) is 17.2 Å². The first-order valence-electron chi connectivity index (χ1n) is 6.89. The standard InChI is InChI=1S/C16H10BrFN4/c1-19-13-7-11(8-2-3-8)14-16(20-13)22-15(21-14)10-5-4-9(17)6-12(10)18/h4-8H,2-3H2,(H,20,21,22). The van der Waals surface area contributed by atoms with Crippen LogP contribution in [0.5, 0.6) is 0 Å². The molecule has 1 aromatic carbocycles. The molecule has 108 valence electrons. The van der Waals surface area contributed by atoms with Gasteiger partial charge in [-0.2, -0.15) is 4.98 Å². The van der Waals surface area contributed by atoms with E-state index in [0.717, 1.165) is 23.9 Å². The summed E-state index contributed by atoms with van der Waals surface area (Å²) in [6.07, 6.45) is 2.22. The minimum Gasteiger partial charge on any atom is -0.361 e. The highest BCUT2D eigenvalue weighted by atomic mass is 79.9. The Labute approximate surface area is 134 Å². The molecule has 2 heterocycles. The Balaban J connectivity index is 1.93. The summed E-state index contributed by atoms with van der Waals surface area (Å²) >= 11 is 3.25. The lowest BCUT2D eigenvalue weighted by molar-refractivity contribution is 0.629. The van der Waals surface area contributed by atoms with E-state index in [1.54, 1.807) is 12.1 Å². The van der Waals surface area contributed by atoms with Gasteiger partial charge in [0.05, 0.1) is 5.56 Å². The fourth-order valence-corrected chi connectivity index (χ4v) is 2.91. The highest BCUT2D eigenvalue weighted by Gasteiger charge is 2.28. The lowest BCUT2D eigenvalue weighted by Gasteiger charge is -2.00. The molecule has 4 nitrogen and oxygen atoms in total. The minimum absolute atomic E-state index is 0.337. The molecule has 6 heteroatoms. The second kappa shape index (κ2) is 4.89. The summed E-state index contributed by atoms with van der Waals surface area (Å²) in [6.45, 7) is 7.16. The van der Waals surface area contributed by atoms with Gasteiger partial charge in [-0.1, -0.05) is 27.5 Å². The average Bonchev–Trinajstić information content (AvgIpc) is 3.25. The number of aromatic amines is 1. The van der Waals surface area contributed by atoms with Crippen LogP contribution in [0.1, 0.15) is 24.3 Å². The van der Waals surface area contributed by atoms with Crippen LogP contribution in [-0.2, 0) is 0 Å². The topological polar surface area (TPSA) is 45.9 Å². The van der Waals surface area contributed by atoms with Crippen LogP contribution in [0.4, 0.5) is 10.2 Å². The third-order valence-corrected chi connectivity index (χ3v) is 4.29. The fraction of sp³-hybridized carbons (Fsp3) is 0.188. The van der Waals surface area contributed by atoms with Crippen LogP contribution in [0.2, 0.25) is 0 Å². The van der Waals surface area contributed by atoms with Gasteiger partial charge in [0, 0.05) is 4.47 Å². The molecule has 1 saturated carbocycles. The van der Waals surface area contributed by atoms with Gasteiger partial charge in [-0.15, -0.1) is 0 Å². The van der Waals surface area contributed by atoms with E-state index in [2.05, 4.69) is 35.7 Å². The average molecular weight is 357 g/mol. The molecule has 1 N–H and O–H groups in total. The van der Waals surface area contributed by atoms with E-state index in [4.69, 9.17) is 6.57 Å². The quantitative estimate of drug-likeness (QED) is 0.660. The summed E-state index contributed by atoms with van der Waals surface area (Å²) in [6, 6.07) is 6.66. The van der Waals surface area contributed by atoms with E-state index in [0.29, 0.717) is 33.2 Å². The Bertz CT molecular complexity index is 937. The number of benzene rings is 1. The lowest BCUT2D eigenvalue weighted by Crippen LogP contribution is -1.86. The van der Waals surface area contributed by atoms with Gasteiger partial charge < -0.3 is 9.83 Å². The van der Waals surface area contributed by atoms with Gasteiger partial charge in [0.25, 0.3) is 11.5 Å². The number of aromatic nitrogens is 3. The maximum Gasteiger partial charge on any atom is 0.272 e. The highest BCUT2D eigenvalue weighted by molar-refractivity contribution is 9.10. The second-order valence-electron chi connectivity index (χ2n) is 5.36. The third-order valence-electron chi connectivity index (χ3n) is 3.80. The minimum atomic E-state index is -0.355. The van der Waals surface area contributed by atoms with E-state index >= 15 is 0 Å². The monoisotopic (exact) mass is 356 g/mol. The van der Waals surface area contributed by atoms with Crippen molar-refractivity contribution < 1.29 is 4.39 Å². The van der Waals surface area contributed by atoms with Crippen molar-refractivity contribution in [1.29, 1.82) is 0 Å². The van der Waals surface area contributed by atoms with Gasteiger partial charge in [-0.25, -0.2) is 4.39 Å². The molecule has 0 aliphatic heterocycles. The van der Waals surface area contributed by atoms with E-state index in [1.165, 1.54) is 6.07 Å². The van der Waals surface area contributed by atoms with E-state index in [1.807, 2.05) is 6.07 Å². The smallest absolute Gasteiger partial charge is 0.272 e. The van der Waals surface area contributed by atoms with E-state index < -0.39 is 0 Å². The molecular weight excluding hydrogens is 347 g/mol. The van der Waals surface area contributed by atoms with Gasteiger partial charge in [-0.3, -0.25) is 0 Å². The number of hydrogen-bond acceptors (Lipinski definition) is 2. The molecular formula is C16H10BrFN4. The Hall–Kier alpha value is -2.26. The first kappa shape index (κ1) is 13.4. The van der Waals surface area contributed by atoms with Gasteiger partial charge in [0.15, 0.2) is 0 Å². The molecule has 0 unspecified atom stereocenters. The first-order valence-corrected chi connectivity index (χ1v) is 7.68. The van der Waals surface area contributed by atoms with Crippen molar-refractivity contribution in [2.24, 2.45) is 0 Å². The van der Waals surface area contributed by atoms with Crippen LogP contribution in [0.25, 0.3) is 27.4 Å². The van der Waals surface area contributed by atoms with Crippen LogP contribution in [0.15, 0.2) is 28.7 Å². The molecule has 0 atom stereocenters. The predicted octanol–water partition coefficient (Wildman–Crippen LogP) is 4.95. The Kier molecular flexibility index (Phi) is 2.98. The number of nitrogens with one attached hydrogen (secondary N) is 1. The maximum atomic E-state index is 14.1. The van der Waals surface area contributed by atoms with Crippen molar-refractivity contribution in [3.8, 4) is 11.4 Å². The fourth-order valence-electron chi connectivity index (χ4n) is 2.58. The summed E-state index contributed by atoms with van der Waals surface area (Å²) in [5, 5.41) is 0. The van der Waals surface area contributed by atoms with Crippen LogP contribution >= 0.6 is 15.9 Å². The zero-order chi connectivity index (χ0) is 15.3. The number of pyridine rings is 1. The summed E-state index contributed by atoms with van der Waals surface area (Å²) in [7, 11) is 0. The van der Waals surface area contributed by atoms with E-state index in [9.17, 15) is 4.39 Å².